The molecule has 1 aliphatic heterocycles. The molecule has 2 aliphatic rings. The van der Waals surface area contributed by atoms with Crippen molar-refractivity contribution in [3.8, 4) is 5.75 Å². The van der Waals surface area contributed by atoms with E-state index in [9.17, 15) is 18.0 Å². The number of halogens is 1. The van der Waals surface area contributed by atoms with Crippen LogP contribution in [0.3, 0.4) is 0 Å². The zero-order chi connectivity index (χ0) is 27.9. The molecule has 5 rings (SSSR count). The monoisotopic (exact) mass is 558 g/mol. The molecule has 0 atom stereocenters. The number of nitrogens with zero attached hydrogens (tertiary/aromatic N) is 2. The largest absolute Gasteiger partial charge is 0.422 e. The predicted octanol–water partition coefficient (Wildman–Crippen LogP) is 3.45. The molecular formula is C27H31FN4O6S. The van der Waals surface area contributed by atoms with Crippen LogP contribution in [0.15, 0.2) is 45.6 Å². The lowest BCUT2D eigenvalue weighted by molar-refractivity contribution is -0.0644. The van der Waals surface area contributed by atoms with E-state index in [4.69, 9.17) is 9.15 Å². The van der Waals surface area contributed by atoms with E-state index in [2.05, 4.69) is 14.3 Å². The van der Waals surface area contributed by atoms with Crippen LogP contribution in [0.25, 0.3) is 11.0 Å². The van der Waals surface area contributed by atoms with Gasteiger partial charge in [0.2, 0.25) is 0 Å². The van der Waals surface area contributed by atoms with E-state index in [0.717, 1.165) is 13.1 Å². The van der Waals surface area contributed by atoms with Crippen LogP contribution in [-0.2, 0) is 23.2 Å². The summed E-state index contributed by atoms with van der Waals surface area (Å²) in [5.74, 6) is -0.541. The molecule has 39 heavy (non-hydrogen) atoms. The first kappa shape index (κ1) is 27.1. The Morgan fingerprint density at radius 1 is 1.18 bits per heavy atom. The van der Waals surface area contributed by atoms with E-state index in [1.807, 2.05) is 0 Å². The molecule has 1 spiro atoms. The van der Waals surface area contributed by atoms with E-state index in [0.29, 0.717) is 28.5 Å². The fourth-order valence-electron chi connectivity index (χ4n) is 5.31. The van der Waals surface area contributed by atoms with Gasteiger partial charge in [-0.3, -0.25) is 9.62 Å². The molecule has 2 fully saturated rings. The van der Waals surface area contributed by atoms with Crippen LogP contribution in [0.2, 0.25) is 0 Å². The van der Waals surface area contributed by atoms with E-state index in [-0.39, 0.29) is 29.0 Å². The van der Waals surface area contributed by atoms with E-state index in [1.165, 1.54) is 55.5 Å². The highest BCUT2D eigenvalue weighted by atomic mass is 32.2. The highest BCUT2D eigenvalue weighted by Crippen LogP contribution is 2.48. The topological polar surface area (TPSA) is 121 Å². The van der Waals surface area contributed by atoms with E-state index < -0.39 is 27.7 Å². The van der Waals surface area contributed by atoms with E-state index in [1.54, 1.807) is 26.2 Å². The number of rotatable bonds is 8. The number of carbonyl (C=O) groups excluding carboxylic acids is 1. The number of likely N-dealkylation sites (tertiary alicyclic amines) is 1. The molecule has 1 saturated carbocycles. The third-order valence-electron chi connectivity index (χ3n) is 7.53. The second-order valence-corrected chi connectivity index (χ2v) is 12.2. The minimum Gasteiger partial charge on any atom is -0.422 e. The third kappa shape index (κ3) is 5.49. The van der Waals surface area contributed by atoms with Gasteiger partial charge in [-0.2, -0.15) is 8.42 Å². The Balaban J connectivity index is 1.53. The highest BCUT2D eigenvalue weighted by Gasteiger charge is 2.47. The molecule has 10 nitrogen and oxygen atoms in total. The van der Waals surface area contributed by atoms with Gasteiger partial charge in [0.1, 0.15) is 11.3 Å². The lowest BCUT2D eigenvalue weighted by Gasteiger charge is -2.56. The van der Waals surface area contributed by atoms with Crippen LogP contribution < -0.4 is 19.8 Å². The number of anilines is 1. The Hall–Kier alpha value is -3.48. The van der Waals surface area contributed by atoms with Gasteiger partial charge in [0.05, 0.1) is 5.69 Å². The van der Waals surface area contributed by atoms with Gasteiger partial charge in [-0.05, 0) is 47.6 Å². The first-order valence-corrected chi connectivity index (χ1v) is 14.2. The molecule has 2 N–H and O–H groups in total. The van der Waals surface area contributed by atoms with Crippen LogP contribution in [0.1, 0.15) is 36.0 Å². The summed E-state index contributed by atoms with van der Waals surface area (Å²) in [7, 11) is 0.408. The zero-order valence-corrected chi connectivity index (χ0v) is 22.9. The average Bonchev–Trinajstić information content (AvgIpc) is 2.83. The van der Waals surface area contributed by atoms with Crippen molar-refractivity contribution < 1.29 is 26.8 Å². The second kappa shape index (κ2) is 10.2. The Morgan fingerprint density at radius 2 is 1.92 bits per heavy atom. The molecule has 12 heteroatoms. The first-order valence-electron chi connectivity index (χ1n) is 12.7. The quantitative estimate of drug-likeness (QED) is 0.406. The van der Waals surface area contributed by atoms with Gasteiger partial charge in [-0.15, -0.1) is 0 Å². The van der Waals surface area contributed by atoms with Crippen molar-refractivity contribution in [2.45, 2.75) is 32.2 Å². The summed E-state index contributed by atoms with van der Waals surface area (Å²) in [5.41, 5.74) is 0.925. The van der Waals surface area contributed by atoms with Crippen molar-refractivity contribution >= 4 is 33.0 Å². The minimum absolute atomic E-state index is 0.0924. The molecular weight excluding hydrogens is 527 g/mol. The van der Waals surface area contributed by atoms with Gasteiger partial charge in [0, 0.05) is 64.2 Å². The number of amides is 1. The maximum absolute atomic E-state index is 15.4. The summed E-state index contributed by atoms with van der Waals surface area (Å²) in [6, 6.07) is 9.22. The second-order valence-electron chi connectivity index (χ2n) is 10.5. The molecule has 0 bridgehead atoms. The van der Waals surface area contributed by atoms with Gasteiger partial charge in [0.25, 0.3) is 10.2 Å². The van der Waals surface area contributed by atoms with Crippen molar-refractivity contribution in [1.82, 2.24) is 14.5 Å². The van der Waals surface area contributed by atoms with Gasteiger partial charge in [0.15, 0.2) is 5.82 Å². The fourth-order valence-corrected chi connectivity index (χ4v) is 5.86. The van der Waals surface area contributed by atoms with Crippen LogP contribution >= 0.6 is 0 Å². The van der Waals surface area contributed by atoms with Gasteiger partial charge < -0.3 is 14.1 Å². The molecule has 1 saturated heterocycles. The maximum atomic E-state index is 15.4. The SMILES string of the molecule is CNS(=O)(=O)Nc1cccc(Cc2c(CN3CC4(CCC4)C3)c3ccc(OC(=O)N(C)C)cc3oc2=O)c1F. The van der Waals surface area contributed by atoms with Crippen molar-refractivity contribution in [3.05, 3.63) is 69.3 Å². The van der Waals surface area contributed by atoms with Crippen molar-refractivity contribution in [1.29, 1.82) is 0 Å². The molecule has 1 aliphatic carbocycles. The van der Waals surface area contributed by atoms with Crippen LogP contribution in [0.5, 0.6) is 5.75 Å². The number of benzene rings is 2. The summed E-state index contributed by atoms with van der Waals surface area (Å²) in [6.07, 6.45) is 2.98. The smallest absolute Gasteiger partial charge is 0.414 e. The highest BCUT2D eigenvalue weighted by molar-refractivity contribution is 7.90. The lowest BCUT2D eigenvalue weighted by atomic mass is 9.63. The van der Waals surface area contributed by atoms with Crippen LogP contribution in [-0.4, -0.2) is 58.5 Å². The number of ether oxygens (including phenoxy) is 1. The molecule has 3 aromatic rings. The molecule has 1 amide bonds. The Labute approximate surface area is 225 Å². The third-order valence-corrected chi connectivity index (χ3v) is 8.56. The lowest BCUT2D eigenvalue weighted by Crippen LogP contribution is -2.59. The van der Waals surface area contributed by atoms with Gasteiger partial charge in [-0.1, -0.05) is 18.6 Å². The zero-order valence-electron chi connectivity index (χ0n) is 22.0. The summed E-state index contributed by atoms with van der Waals surface area (Å²) in [5, 5.41) is 0.663. The average molecular weight is 559 g/mol. The molecule has 208 valence electrons. The fraction of sp³-hybridized carbons (Fsp3) is 0.407. The van der Waals surface area contributed by atoms with Gasteiger partial charge >= 0.3 is 11.7 Å². The summed E-state index contributed by atoms with van der Waals surface area (Å²) < 4.78 is 54.5. The first-order chi connectivity index (χ1) is 18.5. The Kier molecular flexibility index (Phi) is 7.12. The number of hydrogen-bond donors (Lipinski definition) is 2. The molecule has 2 aromatic carbocycles. The molecule has 2 heterocycles. The number of carbonyl (C=O) groups is 1. The number of nitrogens with one attached hydrogen (secondary N) is 2. The normalized spacial score (nSPS) is 16.5. The van der Waals surface area contributed by atoms with Crippen molar-refractivity contribution in [2.24, 2.45) is 5.41 Å². The minimum atomic E-state index is -3.93. The maximum Gasteiger partial charge on any atom is 0.414 e. The summed E-state index contributed by atoms with van der Waals surface area (Å²) in [6.45, 7) is 2.34. The standard InChI is InChI=1S/C27H31FN4O6S/c1-29-39(35,36)30-22-7-4-6-17(24(22)28)12-20-21(14-32-15-27(16-32)10-5-11-27)19-9-8-18(37-26(34)31(2)3)13-23(19)38-25(20)33/h4,6-9,13,29-30H,5,10-12,14-16H2,1-3H3. The number of fused-ring (bicyclic) bond motifs is 1. The predicted molar refractivity (Wildman–Crippen MR) is 145 cm³/mol. The Bertz CT molecular complexity index is 1590. The summed E-state index contributed by atoms with van der Waals surface area (Å²) >= 11 is 0. The van der Waals surface area contributed by atoms with Crippen molar-refractivity contribution in [2.75, 3.05) is 39.0 Å². The molecule has 0 radical (unpaired) electrons. The Morgan fingerprint density at radius 3 is 2.56 bits per heavy atom. The van der Waals surface area contributed by atoms with E-state index >= 15 is 4.39 Å². The van der Waals surface area contributed by atoms with Gasteiger partial charge in [-0.25, -0.2) is 18.7 Å². The molecule has 0 unspecified atom stereocenters. The van der Waals surface area contributed by atoms with Crippen LogP contribution in [0.4, 0.5) is 14.9 Å². The summed E-state index contributed by atoms with van der Waals surface area (Å²) in [4.78, 5) is 28.9. The number of hydrogen-bond acceptors (Lipinski definition) is 7. The van der Waals surface area contributed by atoms with Crippen molar-refractivity contribution in [3.63, 3.8) is 0 Å². The molecule has 1 aromatic heterocycles. The van der Waals surface area contributed by atoms with Crippen LogP contribution in [0, 0.1) is 11.2 Å².